The van der Waals surface area contributed by atoms with Gasteiger partial charge in [-0.1, -0.05) is 0 Å². The summed E-state index contributed by atoms with van der Waals surface area (Å²) in [7, 11) is 0. The van der Waals surface area contributed by atoms with Gasteiger partial charge in [-0.25, -0.2) is 0 Å². The molecule has 1 aliphatic carbocycles. The van der Waals surface area contributed by atoms with Crippen LogP contribution in [0.2, 0.25) is 0 Å². The van der Waals surface area contributed by atoms with Crippen LogP contribution in [0.3, 0.4) is 0 Å². The molecule has 1 unspecified atom stereocenters. The second kappa shape index (κ2) is 5.16. The van der Waals surface area contributed by atoms with Crippen molar-refractivity contribution < 1.29 is 24.2 Å². The quantitative estimate of drug-likeness (QED) is 0.653. The zero-order valence-electron chi connectivity index (χ0n) is 10.8. The third-order valence-corrected chi connectivity index (χ3v) is 3.57. The van der Waals surface area contributed by atoms with Gasteiger partial charge in [0.15, 0.2) is 0 Å². The van der Waals surface area contributed by atoms with Crippen molar-refractivity contribution in [2.45, 2.75) is 25.9 Å². The van der Waals surface area contributed by atoms with E-state index in [1.807, 2.05) is 0 Å². The molecule has 0 spiro atoms. The molecule has 2 aliphatic rings. The molecule has 0 aromatic heterocycles. The highest BCUT2D eigenvalue weighted by Gasteiger charge is 2.58. The van der Waals surface area contributed by atoms with Crippen LogP contribution >= 0.6 is 0 Å². The monoisotopic (exact) mass is 270 g/mol. The Balaban J connectivity index is 1.92. The zero-order chi connectivity index (χ0) is 14.0. The zero-order valence-corrected chi connectivity index (χ0v) is 10.8. The Morgan fingerprint density at radius 1 is 1.42 bits per heavy atom. The van der Waals surface area contributed by atoms with Gasteiger partial charge in [-0.2, -0.15) is 0 Å². The summed E-state index contributed by atoms with van der Waals surface area (Å²) < 4.78 is 5.45. The molecule has 0 aromatic rings. The first-order valence-electron chi connectivity index (χ1n) is 6.34. The van der Waals surface area contributed by atoms with E-state index in [2.05, 4.69) is 5.32 Å². The van der Waals surface area contributed by atoms with Crippen LogP contribution in [0.25, 0.3) is 0 Å². The van der Waals surface area contributed by atoms with Gasteiger partial charge in [0.05, 0.1) is 12.7 Å². The van der Waals surface area contributed by atoms with Gasteiger partial charge in [0.2, 0.25) is 11.8 Å². The van der Waals surface area contributed by atoms with Crippen LogP contribution in [0.4, 0.5) is 0 Å². The number of aliphatic carboxylic acids is 1. The molecular formula is C12H18N2O5. The van der Waals surface area contributed by atoms with Gasteiger partial charge in [-0.15, -0.1) is 0 Å². The Morgan fingerprint density at radius 3 is 2.63 bits per heavy atom. The second-order valence-electron chi connectivity index (χ2n) is 5.07. The molecule has 1 heterocycles. The molecule has 0 bridgehead atoms. The van der Waals surface area contributed by atoms with E-state index >= 15 is 0 Å². The van der Waals surface area contributed by atoms with Gasteiger partial charge in [0, 0.05) is 26.6 Å². The number of hydrogen-bond donors (Lipinski definition) is 2. The summed E-state index contributed by atoms with van der Waals surface area (Å²) >= 11 is 0. The summed E-state index contributed by atoms with van der Waals surface area (Å²) in [6.45, 7) is 2.85. The number of carboxylic acid groups (broad SMARTS) is 1. The van der Waals surface area contributed by atoms with Crippen molar-refractivity contribution in [1.82, 2.24) is 10.2 Å². The molecule has 1 atom stereocenters. The summed E-state index contributed by atoms with van der Waals surface area (Å²) in [4.78, 5) is 35.7. The average Bonchev–Trinajstić information content (AvgIpc) is 3.17. The first-order valence-corrected chi connectivity index (χ1v) is 6.34. The maximum Gasteiger partial charge on any atom is 0.319 e. The van der Waals surface area contributed by atoms with E-state index < -0.39 is 11.4 Å². The lowest BCUT2D eigenvalue weighted by molar-refractivity contribution is -0.157. The van der Waals surface area contributed by atoms with Gasteiger partial charge in [0.1, 0.15) is 5.41 Å². The summed E-state index contributed by atoms with van der Waals surface area (Å²) in [5, 5.41) is 11.7. The fourth-order valence-corrected chi connectivity index (χ4v) is 2.23. The lowest BCUT2D eigenvalue weighted by atomic mass is 10.1. The molecule has 2 N–H and O–H groups in total. The number of carboxylic acids is 1. The lowest BCUT2D eigenvalue weighted by Crippen LogP contribution is -2.52. The molecule has 106 valence electrons. The van der Waals surface area contributed by atoms with E-state index in [1.54, 1.807) is 0 Å². The second-order valence-corrected chi connectivity index (χ2v) is 5.07. The van der Waals surface area contributed by atoms with E-state index in [0.717, 1.165) is 0 Å². The van der Waals surface area contributed by atoms with Gasteiger partial charge in [0.25, 0.3) is 0 Å². The SMILES string of the molecule is CC(=O)NCC1CN(C(=O)C2(C(=O)O)CC2)CCO1. The highest BCUT2D eigenvalue weighted by molar-refractivity contribution is 6.04. The number of carbonyl (C=O) groups is 3. The average molecular weight is 270 g/mol. The van der Waals surface area contributed by atoms with Crippen molar-refractivity contribution in [3.05, 3.63) is 0 Å². The minimum absolute atomic E-state index is 0.156. The Bertz CT molecular complexity index is 405. The lowest BCUT2D eigenvalue weighted by Gasteiger charge is -2.34. The maximum absolute atomic E-state index is 12.2. The maximum atomic E-state index is 12.2. The van der Waals surface area contributed by atoms with Gasteiger partial charge in [-0.3, -0.25) is 14.4 Å². The minimum Gasteiger partial charge on any atom is -0.480 e. The summed E-state index contributed by atoms with van der Waals surface area (Å²) in [5.74, 6) is -1.52. The van der Waals surface area contributed by atoms with Crippen molar-refractivity contribution in [2.75, 3.05) is 26.2 Å². The Labute approximate surface area is 110 Å². The highest BCUT2D eigenvalue weighted by atomic mass is 16.5. The molecule has 1 saturated carbocycles. The smallest absolute Gasteiger partial charge is 0.319 e. The Morgan fingerprint density at radius 2 is 2.11 bits per heavy atom. The van der Waals surface area contributed by atoms with Gasteiger partial charge < -0.3 is 20.1 Å². The number of morpholine rings is 1. The first-order chi connectivity index (χ1) is 8.95. The highest BCUT2D eigenvalue weighted by Crippen LogP contribution is 2.47. The number of ether oxygens (including phenoxy) is 1. The van der Waals surface area contributed by atoms with Crippen molar-refractivity contribution in [1.29, 1.82) is 0 Å². The Hall–Kier alpha value is -1.63. The van der Waals surface area contributed by atoms with E-state index in [1.165, 1.54) is 11.8 Å². The van der Waals surface area contributed by atoms with Gasteiger partial charge in [-0.05, 0) is 12.8 Å². The summed E-state index contributed by atoms with van der Waals surface area (Å²) in [5.41, 5.74) is -1.20. The van der Waals surface area contributed by atoms with Crippen molar-refractivity contribution in [3.8, 4) is 0 Å². The molecule has 2 amide bonds. The predicted molar refractivity (Wildman–Crippen MR) is 64.3 cm³/mol. The first kappa shape index (κ1) is 13.8. The van der Waals surface area contributed by atoms with Crippen molar-refractivity contribution in [2.24, 2.45) is 5.41 Å². The summed E-state index contributed by atoms with van der Waals surface area (Å²) in [6.07, 6.45) is 0.551. The largest absolute Gasteiger partial charge is 0.480 e. The number of carbonyl (C=O) groups excluding carboxylic acids is 2. The molecule has 7 heteroatoms. The van der Waals surface area contributed by atoms with Gasteiger partial charge >= 0.3 is 5.97 Å². The summed E-state index contributed by atoms with van der Waals surface area (Å²) in [6, 6.07) is 0. The van der Waals surface area contributed by atoms with E-state index in [4.69, 9.17) is 9.84 Å². The molecule has 1 saturated heterocycles. The molecule has 7 nitrogen and oxygen atoms in total. The number of hydrogen-bond acceptors (Lipinski definition) is 4. The van der Waals surface area contributed by atoms with Crippen LogP contribution in [-0.4, -0.2) is 60.1 Å². The number of amides is 2. The molecular weight excluding hydrogens is 252 g/mol. The van der Waals surface area contributed by atoms with Crippen LogP contribution in [0.15, 0.2) is 0 Å². The number of nitrogens with zero attached hydrogens (tertiary/aromatic N) is 1. The molecule has 0 aromatic carbocycles. The van der Waals surface area contributed by atoms with Crippen LogP contribution in [0.1, 0.15) is 19.8 Å². The minimum atomic E-state index is -1.20. The van der Waals surface area contributed by atoms with Crippen LogP contribution in [-0.2, 0) is 19.1 Å². The molecule has 2 fully saturated rings. The Kier molecular flexibility index (Phi) is 3.75. The fraction of sp³-hybridized carbons (Fsp3) is 0.750. The van der Waals surface area contributed by atoms with E-state index in [-0.39, 0.29) is 17.9 Å². The number of nitrogens with one attached hydrogen (secondary N) is 1. The van der Waals surface area contributed by atoms with Crippen molar-refractivity contribution in [3.63, 3.8) is 0 Å². The number of rotatable bonds is 4. The molecule has 2 rings (SSSR count). The van der Waals surface area contributed by atoms with Crippen molar-refractivity contribution >= 4 is 17.8 Å². The van der Waals surface area contributed by atoms with Crippen LogP contribution in [0, 0.1) is 5.41 Å². The van der Waals surface area contributed by atoms with E-state index in [0.29, 0.717) is 39.1 Å². The molecule has 19 heavy (non-hydrogen) atoms. The van der Waals surface area contributed by atoms with E-state index in [9.17, 15) is 14.4 Å². The fourth-order valence-electron chi connectivity index (χ4n) is 2.23. The molecule has 1 aliphatic heterocycles. The standard InChI is InChI=1S/C12H18N2O5/c1-8(15)13-6-9-7-14(4-5-19-9)10(16)12(2-3-12)11(17)18/h9H,2-7H2,1H3,(H,13,15)(H,17,18). The normalized spacial score (nSPS) is 24.7. The third kappa shape index (κ3) is 2.86. The molecule has 0 radical (unpaired) electrons. The van der Waals surface area contributed by atoms with Crippen LogP contribution < -0.4 is 5.32 Å². The topological polar surface area (TPSA) is 95.9 Å². The predicted octanol–water partition coefficient (Wildman–Crippen LogP) is -0.785. The van der Waals surface area contributed by atoms with Crippen LogP contribution in [0.5, 0.6) is 0 Å². The third-order valence-electron chi connectivity index (χ3n) is 3.57.